The summed E-state index contributed by atoms with van der Waals surface area (Å²) in [7, 11) is 0. The first-order chi connectivity index (χ1) is 41.0. The molecule has 0 unspecified atom stereocenters. The third-order valence-corrected chi connectivity index (χ3v) is 16.9. The van der Waals surface area contributed by atoms with Gasteiger partial charge in [0.2, 0.25) is 0 Å². The molecule has 83 heavy (non-hydrogen) atoms. The molecule has 0 bridgehead atoms. The minimum Gasteiger partial charge on any atom is -0.311 e. The van der Waals surface area contributed by atoms with Gasteiger partial charge in [0.15, 0.2) is 0 Å². The first-order valence-corrected chi connectivity index (χ1v) is 29.7. The quantitative estimate of drug-likeness (QED) is 0.0954. The highest BCUT2D eigenvalue weighted by atomic mass is 15.2. The molecule has 2 aliphatic rings. The van der Waals surface area contributed by atoms with E-state index in [0.29, 0.717) is 0 Å². The lowest BCUT2D eigenvalue weighted by Gasteiger charge is -2.45. The summed E-state index contributed by atoms with van der Waals surface area (Å²) in [4.78, 5) is 10.9. The van der Waals surface area contributed by atoms with Gasteiger partial charge in [-0.15, -0.1) is 0 Å². The number of nitrogens with zero attached hydrogens (tertiary/aromatic N) is 3. The standard InChI is InChI=1S/C79H64BN3/c1-3-5-25-55-39-41-75-71(43-55)80-72-44-56(26-6-4-2)40-42-76(72)83(70-49-65(59-31-17-9-18-32-59)46-66(50-70)60-33-19-10-20-34-60)78-54-68(74-52-67(61-35-21-11-22-36-61)51-73(81-74)62-37-23-12-24-38-62)53-77(79(78)80)82(75)69-47-63(57-27-13-7-14-28-57)45-64(48-69)58-29-15-8-16-30-58/h7-24,27-54H,3-6,25-26H2,1-2H3. The van der Waals surface area contributed by atoms with Gasteiger partial charge in [-0.25, -0.2) is 4.98 Å². The number of hydrogen-bond acceptors (Lipinski definition) is 3. The molecule has 0 amide bonds. The number of anilines is 6. The van der Waals surface area contributed by atoms with Gasteiger partial charge in [-0.05, 0) is 182 Å². The topological polar surface area (TPSA) is 19.4 Å². The second kappa shape index (κ2) is 22.6. The van der Waals surface area contributed by atoms with Crippen LogP contribution in [0, 0.1) is 0 Å². The van der Waals surface area contributed by atoms with Gasteiger partial charge in [-0.3, -0.25) is 0 Å². The largest absolute Gasteiger partial charge is 0.311 e. The summed E-state index contributed by atoms with van der Waals surface area (Å²) < 4.78 is 0. The van der Waals surface area contributed by atoms with Gasteiger partial charge in [0.05, 0.1) is 11.4 Å². The molecule has 1 aromatic heterocycles. The van der Waals surface area contributed by atoms with Crippen molar-refractivity contribution >= 4 is 57.2 Å². The van der Waals surface area contributed by atoms with E-state index in [0.717, 1.165) is 94.9 Å². The van der Waals surface area contributed by atoms with Crippen LogP contribution in [0.1, 0.15) is 50.7 Å². The van der Waals surface area contributed by atoms with E-state index in [1.165, 1.54) is 83.4 Å². The van der Waals surface area contributed by atoms with Crippen LogP contribution in [0.4, 0.5) is 34.1 Å². The van der Waals surface area contributed by atoms with Gasteiger partial charge in [0, 0.05) is 45.3 Å². The van der Waals surface area contributed by atoms with Crippen molar-refractivity contribution in [1.29, 1.82) is 0 Å². The van der Waals surface area contributed by atoms with E-state index in [-0.39, 0.29) is 6.71 Å². The average molecular weight is 1070 g/mol. The number of aryl methyl sites for hydroxylation is 2. The molecule has 2 aliphatic heterocycles. The van der Waals surface area contributed by atoms with Gasteiger partial charge >= 0.3 is 0 Å². The number of hydrogen-bond donors (Lipinski definition) is 0. The molecule has 0 saturated carbocycles. The SMILES string of the molecule is CCCCc1ccc2c(c1)B1c3cc(CCCC)ccc3N(c3cc(-c4ccccc4)cc(-c4ccccc4)c3)c3cc(-c4cc(-c5ccccc5)cc(-c5ccccc5)n4)cc(c31)N2c1cc(-c2ccccc2)cc(-c2ccccc2)c1. The summed E-state index contributed by atoms with van der Waals surface area (Å²) in [6.07, 6.45) is 6.57. The fourth-order valence-electron chi connectivity index (χ4n) is 12.8. The molecule has 11 aromatic carbocycles. The number of benzene rings is 11. The van der Waals surface area contributed by atoms with Crippen LogP contribution in [0.15, 0.2) is 279 Å². The van der Waals surface area contributed by atoms with E-state index in [9.17, 15) is 0 Å². The predicted octanol–water partition coefficient (Wildman–Crippen LogP) is 19.5. The van der Waals surface area contributed by atoms with E-state index >= 15 is 0 Å². The van der Waals surface area contributed by atoms with Crippen molar-refractivity contribution in [3.8, 4) is 78.1 Å². The highest BCUT2D eigenvalue weighted by molar-refractivity contribution is 7.00. The van der Waals surface area contributed by atoms with Crippen LogP contribution in [0.25, 0.3) is 78.1 Å². The fourth-order valence-corrected chi connectivity index (χ4v) is 12.8. The van der Waals surface area contributed by atoms with Crippen molar-refractivity contribution in [2.24, 2.45) is 0 Å². The van der Waals surface area contributed by atoms with E-state index < -0.39 is 0 Å². The highest BCUT2D eigenvalue weighted by Gasteiger charge is 2.44. The number of aromatic nitrogens is 1. The molecule has 3 nitrogen and oxygen atoms in total. The Balaban J connectivity index is 1.12. The summed E-state index contributed by atoms with van der Waals surface area (Å²) in [6.45, 7) is 4.53. The van der Waals surface area contributed by atoms with Gasteiger partial charge in [-0.1, -0.05) is 233 Å². The molecule has 0 radical (unpaired) electrons. The number of unbranched alkanes of at least 4 members (excludes halogenated alkanes) is 2. The monoisotopic (exact) mass is 1070 g/mol. The molecule has 12 aromatic rings. The maximum atomic E-state index is 5.70. The summed E-state index contributed by atoms with van der Waals surface area (Å²) in [5, 5.41) is 0. The Bertz CT molecular complexity index is 3890. The Morgan fingerprint density at radius 1 is 0.289 bits per heavy atom. The summed E-state index contributed by atoms with van der Waals surface area (Å²) in [5.41, 5.74) is 29.2. The van der Waals surface area contributed by atoms with Gasteiger partial charge < -0.3 is 9.80 Å². The lowest BCUT2D eigenvalue weighted by molar-refractivity contribution is 0.795. The van der Waals surface area contributed by atoms with E-state index in [1.807, 2.05) is 0 Å². The van der Waals surface area contributed by atoms with Gasteiger partial charge in [-0.2, -0.15) is 0 Å². The molecular weight excluding hydrogens is 1000 g/mol. The summed E-state index contributed by atoms with van der Waals surface area (Å²) >= 11 is 0. The highest BCUT2D eigenvalue weighted by Crippen LogP contribution is 2.49. The van der Waals surface area contributed by atoms with E-state index in [2.05, 4.69) is 303 Å². The Morgan fingerprint density at radius 2 is 0.614 bits per heavy atom. The lowest BCUT2D eigenvalue weighted by atomic mass is 9.33. The zero-order valence-electron chi connectivity index (χ0n) is 47.2. The van der Waals surface area contributed by atoms with Crippen LogP contribution in [0.3, 0.4) is 0 Å². The molecule has 0 spiro atoms. The number of pyridine rings is 1. The Morgan fingerprint density at radius 3 is 0.964 bits per heavy atom. The van der Waals surface area contributed by atoms with Crippen LogP contribution in [0.2, 0.25) is 0 Å². The molecular formula is C79H64BN3. The zero-order chi connectivity index (χ0) is 55.6. The zero-order valence-corrected chi connectivity index (χ0v) is 47.2. The van der Waals surface area contributed by atoms with Gasteiger partial charge in [0.25, 0.3) is 6.71 Å². The molecule has 0 fully saturated rings. The predicted molar refractivity (Wildman–Crippen MR) is 354 cm³/mol. The lowest BCUT2D eigenvalue weighted by Crippen LogP contribution is -2.61. The molecule has 14 rings (SSSR count). The molecule has 4 heteroatoms. The fraction of sp³-hybridized carbons (Fsp3) is 0.101. The summed E-state index contributed by atoms with van der Waals surface area (Å²) in [5.74, 6) is 0. The molecule has 0 atom stereocenters. The second-order valence-electron chi connectivity index (χ2n) is 22.4. The molecule has 0 saturated heterocycles. The van der Waals surface area contributed by atoms with Crippen molar-refractivity contribution in [3.63, 3.8) is 0 Å². The van der Waals surface area contributed by atoms with Gasteiger partial charge in [0.1, 0.15) is 0 Å². The maximum Gasteiger partial charge on any atom is 0.252 e. The average Bonchev–Trinajstić information content (AvgIpc) is 1.73. The Kier molecular flexibility index (Phi) is 14.0. The second-order valence-corrected chi connectivity index (χ2v) is 22.4. The molecule has 0 aliphatic carbocycles. The minimum atomic E-state index is -0.0741. The smallest absolute Gasteiger partial charge is 0.252 e. The molecule has 0 N–H and O–H groups in total. The van der Waals surface area contributed by atoms with Crippen molar-refractivity contribution in [2.45, 2.75) is 52.4 Å². The maximum absolute atomic E-state index is 5.70. The minimum absolute atomic E-state index is 0.0741. The van der Waals surface area contributed by atoms with Crippen molar-refractivity contribution in [2.75, 3.05) is 9.80 Å². The van der Waals surface area contributed by atoms with Crippen LogP contribution >= 0.6 is 0 Å². The number of rotatable bonds is 15. The van der Waals surface area contributed by atoms with Crippen LogP contribution in [-0.4, -0.2) is 11.7 Å². The van der Waals surface area contributed by atoms with Crippen molar-refractivity contribution < 1.29 is 0 Å². The van der Waals surface area contributed by atoms with E-state index in [1.54, 1.807) is 0 Å². The first-order valence-electron chi connectivity index (χ1n) is 29.7. The Labute approximate surface area is 490 Å². The summed E-state index contributed by atoms with van der Waals surface area (Å²) in [6, 6.07) is 104. The van der Waals surface area contributed by atoms with E-state index in [4.69, 9.17) is 4.98 Å². The third-order valence-electron chi connectivity index (χ3n) is 16.9. The normalized spacial score (nSPS) is 12.2. The third kappa shape index (κ3) is 10.1. The van der Waals surface area contributed by atoms with Crippen LogP contribution in [-0.2, 0) is 12.8 Å². The first kappa shape index (κ1) is 51.4. The van der Waals surface area contributed by atoms with Crippen molar-refractivity contribution in [1.82, 2.24) is 4.98 Å². The van der Waals surface area contributed by atoms with Crippen LogP contribution < -0.4 is 26.2 Å². The molecule has 3 heterocycles. The van der Waals surface area contributed by atoms with Crippen LogP contribution in [0.5, 0.6) is 0 Å². The molecule has 398 valence electrons. The van der Waals surface area contributed by atoms with Crippen molar-refractivity contribution in [3.05, 3.63) is 290 Å². The Hall–Kier alpha value is -9.77. The number of fused-ring (bicyclic) bond motifs is 4.